The van der Waals surface area contributed by atoms with Crippen LogP contribution in [-0.2, 0) is 6.18 Å². The van der Waals surface area contributed by atoms with Gasteiger partial charge in [0.2, 0.25) is 0 Å². The highest BCUT2D eigenvalue weighted by molar-refractivity contribution is 6.05. The Balaban J connectivity index is 1.71. The van der Waals surface area contributed by atoms with E-state index in [-0.39, 0.29) is 17.0 Å². The number of nitrogens with one attached hydrogen (secondary N) is 2. The minimum Gasteiger partial charge on any atom is -0.494 e. The van der Waals surface area contributed by atoms with Crippen LogP contribution in [0, 0.1) is 0 Å². The first-order chi connectivity index (χ1) is 15.8. The van der Waals surface area contributed by atoms with Gasteiger partial charge in [-0.2, -0.15) is 13.2 Å². The maximum absolute atomic E-state index is 13.6. The average Bonchev–Trinajstić information content (AvgIpc) is 3.33. The van der Waals surface area contributed by atoms with Crippen molar-refractivity contribution >= 4 is 23.2 Å². The molecule has 33 heavy (non-hydrogen) atoms. The first kappa shape index (κ1) is 23.9. The summed E-state index contributed by atoms with van der Waals surface area (Å²) in [5, 5.41) is 4.63. The van der Waals surface area contributed by atoms with Gasteiger partial charge in [0.05, 0.1) is 24.1 Å². The van der Waals surface area contributed by atoms with Gasteiger partial charge in [-0.15, -0.1) is 0 Å². The van der Waals surface area contributed by atoms with E-state index in [0.29, 0.717) is 12.4 Å². The van der Waals surface area contributed by atoms with Gasteiger partial charge in [0.25, 0.3) is 11.8 Å². The van der Waals surface area contributed by atoms with Gasteiger partial charge in [-0.3, -0.25) is 9.59 Å². The molecule has 2 N–H and O–H groups in total. The molecule has 2 aromatic carbocycles. The second kappa shape index (κ2) is 10.7. The summed E-state index contributed by atoms with van der Waals surface area (Å²) >= 11 is 0. The van der Waals surface area contributed by atoms with Crippen molar-refractivity contribution in [2.24, 2.45) is 0 Å². The number of hydrogen-bond donors (Lipinski definition) is 2. The molecule has 0 bridgehead atoms. The largest absolute Gasteiger partial charge is 0.494 e. The quantitative estimate of drug-likeness (QED) is 0.364. The van der Waals surface area contributed by atoms with E-state index in [1.807, 2.05) is 0 Å². The number of halogens is 3. The molecule has 174 valence electrons. The van der Waals surface area contributed by atoms with Crippen LogP contribution in [0.5, 0.6) is 5.75 Å². The zero-order valence-corrected chi connectivity index (χ0v) is 17.9. The van der Waals surface area contributed by atoms with Crippen molar-refractivity contribution in [3.05, 3.63) is 77.7 Å². The fourth-order valence-electron chi connectivity index (χ4n) is 3.01. The second-order valence-electron chi connectivity index (χ2n) is 7.22. The van der Waals surface area contributed by atoms with E-state index in [1.165, 1.54) is 36.6 Å². The van der Waals surface area contributed by atoms with Crippen LogP contribution in [0.3, 0.4) is 0 Å². The van der Waals surface area contributed by atoms with Crippen LogP contribution >= 0.6 is 0 Å². The average molecular weight is 460 g/mol. The lowest BCUT2D eigenvalue weighted by atomic mass is 10.1. The summed E-state index contributed by atoms with van der Waals surface area (Å²) in [4.78, 5) is 24.6. The number of alkyl halides is 3. The summed E-state index contributed by atoms with van der Waals surface area (Å²) in [6.45, 7) is 2.64. The predicted octanol–water partition coefficient (Wildman–Crippen LogP) is 6.37. The molecule has 0 aliphatic rings. The molecule has 9 heteroatoms. The summed E-state index contributed by atoms with van der Waals surface area (Å²) < 4.78 is 51.4. The molecule has 0 fully saturated rings. The van der Waals surface area contributed by atoms with Gasteiger partial charge in [-0.1, -0.05) is 19.8 Å². The predicted molar refractivity (Wildman–Crippen MR) is 118 cm³/mol. The number of amides is 2. The first-order valence-electron chi connectivity index (χ1n) is 10.4. The monoisotopic (exact) mass is 460 g/mol. The molecule has 0 saturated carbocycles. The summed E-state index contributed by atoms with van der Waals surface area (Å²) in [6.07, 6.45) is -0.450. The summed E-state index contributed by atoms with van der Waals surface area (Å²) in [6, 6.07) is 12.1. The van der Waals surface area contributed by atoms with Crippen LogP contribution < -0.4 is 15.4 Å². The molecule has 6 nitrogen and oxygen atoms in total. The van der Waals surface area contributed by atoms with Crippen molar-refractivity contribution in [3.8, 4) is 5.75 Å². The molecule has 0 aliphatic carbocycles. The Morgan fingerprint density at radius 1 is 0.970 bits per heavy atom. The van der Waals surface area contributed by atoms with Crippen LogP contribution in [0.2, 0.25) is 0 Å². The van der Waals surface area contributed by atoms with Crippen LogP contribution in [-0.4, -0.2) is 18.4 Å². The first-order valence-corrected chi connectivity index (χ1v) is 10.4. The van der Waals surface area contributed by atoms with E-state index in [4.69, 9.17) is 9.15 Å². The second-order valence-corrected chi connectivity index (χ2v) is 7.22. The van der Waals surface area contributed by atoms with Crippen LogP contribution in [0.4, 0.5) is 24.5 Å². The van der Waals surface area contributed by atoms with Crippen LogP contribution in [0.1, 0.15) is 52.7 Å². The van der Waals surface area contributed by atoms with Crippen LogP contribution in [0.15, 0.2) is 65.3 Å². The molecule has 0 spiro atoms. The van der Waals surface area contributed by atoms with Crippen molar-refractivity contribution in [1.82, 2.24) is 0 Å². The lowest BCUT2D eigenvalue weighted by Crippen LogP contribution is -2.18. The van der Waals surface area contributed by atoms with Gasteiger partial charge in [-0.05, 0) is 61.0 Å². The van der Waals surface area contributed by atoms with Gasteiger partial charge in [0.1, 0.15) is 5.75 Å². The van der Waals surface area contributed by atoms with E-state index < -0.39 is 29.2 Å². The third kappa shape index (κ3) is 6.61. The number of carbonyl (C=O) groups is 2. The number of anilines is 2. The van der Waals surface area contributed by atoms with Crippen LogP contribution in [0.25, 0.3) is 0 Å². The molecule has 0 radical (unpaired) electrons. The number of ether oxygens (including phenoxy) is 1. The number of benzene rings is 2. The molecule has 0 atom stereocenters. The number of carbonyl (C=O) groups excluding carboxylic acids is 2. The highest BCUT2D eigenvalue weighted by atomic mass is 19.4. The molecule has 1 heterocycles. The van der Waals surface area contributed by atoms with Crippen molar-refractivity contribution in [1.29, 1.82) is 0 Å². The SMILES string of the molecule is CCCCCOc1ccc(C(=O)Nc2ccc(NC(=O)c3ccco3)cc2C(F)(F)F)cc1. The summed E-state index contributed by atoms with van der Waals surface area (Å²) in [5.41, 5.74) is -1.43. The smallest absolute Gasteiger partial charge is 0.418 e. The highest BCUT2D eigenvalue weighted by Gasteiger charge is 2.34. The molecule has 3 aromatic rings. The van der Waals surface area contributed by atoms with E-state index >= 15 is 0 Å². The van der Waals surface area contributed by atoms with E-state index in [0.717, 1.165) is 31.4 Å². The molecule has 0 aliphatic heterocycles. The third-order valence-corrected chi connectivity index (χ3v) is 4.71. The Morgan fingerprint density at radius 3 is 2.36 bits per heavy atom. The van der Waals surface area contributed by atoms with Crippen molar-refractivity contribution in [2.75, 3.05) is 17.2 Å². The van der Waals surface area contributed by atoms with Gasteiger partial charge in [0, 0.05) is 11.3 Å². The van der Waals surface area contributed by atoms with E-state index in [2.05, 4.69) is 17.6 Å². The zero-order chi connectivity index (χ0) is 23.8. The van der Waals surface area contributed by atoms with Crippen molar-refractivity contribution in [2.45, 2.75) is 32.4 Å². The molecule has 2 amide bonds. The maximum atomic E-state index is 13.6. The zero-order valence-electron chi connectivity index (χ0n) is 17.9. The minimum absolute atomic E-state index is 0.0428. The maximum Gasteiger partial charge on any atom is 0.418 e. The minimum atomic E-state index is -4.76. The summed E-state index contributed by atoms with van der Waals surface area (Å²) in [5.74, 6) is -0.860. The van der Waals surface area contributed by atoms with Gasteiger partial charge < -0.3 is 19.8 Å². The standard InChI is InChI=1S/C24H23F3N2O4/c1-2-3-4-13-32-18-10-7-16(8-11-18)22(30)29-20-12-9-17(15-19(20)24(25,26)27)28-23(31)21-6-5-14-33-21/h5-12,14-15H,2-4,13H2,1H3,(H,28,31)(H,29,30). The van der Waals surface area contributed by atoms with E-state index in [1.54, 1.807) is 12.1 Å². The normalized spacial score (nSPS) is 11.2. The van der Waals surface area contributed by atoms with Gasteiger partial charge in [-0.25, -0.2) is 0 Å². The lowest BCUT2D eigenvalue weighted by Gasteiger charge is -2.16. The van der Waals surface area contributed by atoms with Gasteiger partial charge in [0.15, 0.2) is 5.76 Å². The van der Waals surface area contributed by atoms with E-state index in [9.17, 15) is 22.8 Å². The molecule has 1 aromatic heterocycles. The Kier molecular flexibility index (Phi) is 7.76. The molecular weight excluding hydrogens is 437 g/mol. The van der Waals surface area contributed by atoms with Crippen molar-refractivity contribution in [3.63, 3.8) is 0 Å². The van der Waals surface area contributed by atoms with Gasteiger partial charge >= 0.3 is 6.18 Å². The Labute approximate surface area is 188 Å². The molecular formula is C24H23F3N2O4. The number of rotatable bonds is 9. The molecule has 3 rings (SSSR count). The Bertz CT molecular complexity index is 1080. The summed E-state index contributed by atoms with van der Waals surface area (Å²) in [7, 11) is 0. The molecule has 0 saturated heterocycles. The Morgan fingerprint density at radius 2 is 1.73 bits per heavy atom. The topological polar surface area (TPSA) is 80.6 Å². The molecule has 0 unspecified atom stereocenters. The fraction of sp³-hybridized carbons (Fsp3) is 0.250. The fourth-order valence-corrected chi connectivity index (χ4v) is 3.01. The number of furan rings is 1. The third-order valence-electron chi connectivity index (χ3n) is 4.71. The lowest BCUT2D eigenvalue weighted by molar-refractivity contribution is -0.136. The Hall–Kier alpha value is -3.75. The van der Waals surface area contributed by atoms with Crippen molar-refractivity contribution < 1.29 is 31.9 Å². The number of unbranched alkanes of at least 4 members (excludes halogenated alkanes) is 2. The highest BCUT2D eigenvalue weighted by Crippen LogP contribution is 2.37. The number of hydrogen-bond acceptors (Lipinski definition) is 4.